The summed E-state index contributed by atoms with van der Waals surface area (Å²) < 4.78 is 5.83. The number of quaternary nitrogens is 1. The molecular weight excluding hydrogens is 472 g/mol. The summed E-state index contributed by atoms with van der Waals surface area (Å²) in [5.74, 6) is 0.700. The second-order valence-corrected chi connectivity index (χ2v) is 10.7. The van der Waals surface area contributed by atoms with Gasteiger partial charge in [0.15, 0.2) is 11.9 Å². The lowest BCUT2D eigenvalue weighted by Gasteiger charge is -2.27. The molecule has 38 heavy (non-hydrogen) atoms. The van der Waals surface area contributed by atoms with Crippen molar-refractivity contribution in [2.45, 2.75) is 44.7 Å². The quantitative estimate of drug-likeness (QED) is 0.440. The number of nitrogens with one attached hydrogen (secondary N) is 3. The molecule has 0 bridgehead atoms. The molecule has 2 heterocycles. The monoisotopic (exact) mass is 511 g/mol. The molecule has 6 nitrogen and oxygen atoms in total. The Morgan fingerprint density at radius 3 is 2.34 bits per heavy atom. The second-order valence-electron chi connectivity index (χ2n) is 10.7. The average Bonchev–Trinajstić information content (AvgIpc) is 3.46. The van der Waals surface area contributed by atoms with E-state index >= 15 is 0 Å². The van der Waals surface area contributed by atoms with Crippen LogP contribution in [0, 0.1) is 0 Å². The largest absolute Gasteiger partial charge is 0.449 e. The van der Waals surface area contributed by atoms with E-state index in [9.17, 15) is 4.79 Å². The van der Waals surface area contributed by atoms with Crippen molar-refractivity contribution in [3.05, 3.63) is 83.4 Å². The molecule has 6 rings (SSSR count). The SMILES string of the molecule is CCN1c2cc(C3CCNCC3)ccc2[NH+](CC)C1CNC(=O)OCC1c2ccccc2-c2ccccc21. The van der Waals surface area contributed by atoms with E-state index in [1.807, 2.05) is 0 Å². The standard InChI is InChI=1S/C32H38N4O2/c1-3-35-29-14-13-23(22-15-17-33-18-16-22)19-30(29)36(4-2)31(35)20-34-32(37)38-21-28-26-11-7-5-9-24(26)25-10-6-8-12-27(25)28/h5-14,19,22,28,31,33H,3-4,15-18,20-21H2,1-2H3,(H,34,37)/p+1. The van der Waals surface area contributed by atoms with E-state index in [1.54, 1.807) is 0 Å². The molecule has 3 aromatic carbocycles. The Morgan fingerprint density at radius 1 is 1.00 bits per heavy atom. The van der Waals surface area contributed by atoms with Gasteiger partial charge in [0.1, 0.15) is 12.3 Å². The summed E-state index contributed by atoms with van der Waals surface area (Å²) in [5.41, 5.74) is 9.05. The van der Waals surface area contributed by atoms with Crippen LogP contribution in [-0.2, 0) is 4.74 Å². The van der Waals surface area contributed by atoms with E-state index in [2.05, 4.69) is 96.1 Å². The summed E-state index contributed by atoms with van der Waals surface area (Å²) in [6.07, 6.45) is 2.21. The Kier molecular flexibility index (Phi) is 7.09. The van der Waals surface area contributed by atoms with E-state index in [4.69, 9.17) is 4.74 Å². The van der Waals surface area contributed by atoms with Gasteiger partial charge >= 0.3 is 6.09 Å². The molecule has 3 aromatic rings. The van der Waals surface area contributed by atoms with Gasteiger partial charge in [-0.15, -0.1) is 0 Å². The summed E-state index contributed by atoms with van der Waals surface area (Å²) >= 11 is 0. The van der Waals surface area contributed by atoms with E-state index < -0.39 is 0 Å². The minimum Gasteiger partial charge on any atom is -0.449 e. The Morgan fingerprint density at radius 2 is 1.68 bits per heavy atom. The molecule has 1 amide bonds. The van der Waals surface area contributed by atoms with Gasteiger partial charge in [-0.3, -0.25) is 4.90 Å². The van der Waals surface area contributed by atoms with Gasteiger partial charge < -0.3 is 20.3 Å². The number of anilines is 1. The summed E-state index contributed by atoms with van der Waals surface area (Å²) in [5, 5.41) is 6.58. The van der Waals surface area contributed by atoms with Gasteiger partial charge in [0.25, 0.3) is 0 Å². The molecule has 2 atom stereocenters. The van der Waals surface area contributed by atoms with Crippen molar-refractivity contribution >= 4 is 17.5 Å². The molecule has 0 saturated carbocycles. The molecule has 3 N–H and O–H groups in total. The van der Waals surface area contributed by atoms with E-state index in [0.29, 0.717) is 19.1 Å². The molecule has 2 aliphatic heterocycles. The van der Waals surface area contributed by atoms with Crippen molar-refractivity contribution < 1.29 is 14.4 Å². The number of fused-ring (bicyclic) bond motifs is 4. The molecule has 0 spiro atoms. The molecule has 2 unspecified atom stereocenters. The van der Waals surface area contributed by atoms with Crippen molar-refractivity contribution in [3.63, 3.8) is 0 Å². The third-order valence-corrected chi connectivity index (χ3v) is 8.77. The lowest BCUT2D eigenvalue weighted by molar-refractivity contribution is -0.850. The molecule has 1 fully saturated rings. The van der Waals surface area contributed by atoms with E-state index in [-0.39, 0.29) is 18.2 Å². The fourth-order valence-corrected chi connectivity index (χ4v) is 6.88. The van der Waals surface area contributed by atoms with Crippen molar-refractivity contribution in [1.82, 2.24) is 10.6 Å². The lowest BCUT2D eigenvalue weighted by atomic mass is 9.90. The number of benzene rings is 3. The van der Waals surface area contributed by atoms with Crippen LogP contribution in [-0.4, -0.2) is 51.6 Å². The van der Waals surface area contributed by atoms with Gasteiger partial charge in [-0.05, 0) is 79.6 Å². The number of carbonyl (C=O) groups excluding carboxylic acids is 1. The molecule has 6 heteroatoms. The van der Waals surface area contributed by atoms with E-state index in [1.165, 1.54) is 56.9 Å². The van der Waals surface area contributed by atoms with Gasteiger partial charge in [0.2, 0.25) is 0 Å². The maximum Gasteiger partial charge on any atom is 0.407 e. The minimum absolute atomic E-state index is 0.0715. The zero-order valence-electron chi connectivity index (χ0n) is 22.5. The number of likely N-dealkylation sites (N-methyl/N-ethyl adjacent to an activating group) is 2. The van der Waals surface area contributed by atoms with E-state index in [0.717, 1.165) is 26.2 Å². The smallest absolute Gasteiger partial charge is 0.407 e. The summed E-state index contributed by atoms with van der Waals surface area (Å²) in [7, 11) is 0. The molecular formula is C32H39N4O2+. The predicted molar refractivity (Wildman–Crippen MR) is 152 cm³/mol. The van der Waals surface area contributed by atoms with Gasteiger partial charge in [-0.25, -0.2) is 4.79 Å². The number of alkyl carbamates (subject to hydrolysis) is 1. The topological polar surface area (TPSA) is 58.0 Å². The number of carbonyl (C=O) groups is 1. The molecule has 198 valence electrons. The van der Waals surface area contributed by atoms with Gasteiger partial charge in [0.05, 0.1) is 13.1 Å². The highest BCUT2D eigenvalue weighted by Gasteiger charge is 2.40. The number of amides is 1. The van der Waals surface area contributed by atoms with Crippen LogP contribution in [0.5, 0.6) is 0 Å². The maximum atomic E-state index is 12.9. The van der Waals surface area contributed by atoms with Crippen molar-refractivity contribution in [2.24, 2.45) is 0 Å². The second kappa shape index (κ2) is 10.8. The van der Waals surface area contributed by atoms with Crippen LogP contribution in [0.15, 0.2) is 66.7 Å². The first kappa shape index (κ1) is 25.0. The number of hydrogen-bond donors (Lipinski definition) is 3. The number of ether oxygens (including phenoxy) is 1. The van der Waals surface area contributed by atoms with Gasteiger partial charge in [0, 0.05) is 18.5 Å². The zero-order valence-corrected chi connectivity index (χ0v) is 22.5. The van der Waals surface area contributed by atoms with Crippen LogP contribution in [0.1, 0.15) is 55.2 Å². The van der Waals surface area contributed by atoms with Crippen LogP contribution >= 0.6 is 0 Å². The summed E-state index contributed by atoms with van der Waals surface area (Å²) in [6, 6.07) is 23.9. The Hall–Kier alpha value is -3.35. The third-order valence-electron chi connectivity index (χ3n) is 8.77. The highest BCUT2D eigenvalue weighted by molar-refractivity contribution is 5.79. The first-order valence-electron chi connectivity index (χ1n) is 14.3. The van der Waals surface area contributed by atoms with Crippen molar-refractivity contribution in [2.75, 3.05) is 44.2 Å². The third kappa shape index (κ3) is 4.46. The number of piperidine rings is 1. The first-order chi connectivity index (χ1) is 18.7. The summed E-state index contributed by atoms with van der Waals surface area (Å²) in [4.78, 5) is 16.8. The molecule has 1 saturated heterocycles. The zero-order chi connectivity index (χ0) is 26.1. The highest BCUT2D eigenvalue weighted by atomic mass is 16.5. The van der Waals surface area contributed by atoms with Crippen molar-refractivity contribution in [3.8, 4) is 11.1 Å². The van der Waals surface area contributed by atoms with Crippen LogP contribution < -0.4 is 20.4 Å². The van der Waals surface area contributed by atoms with Gasteiger partial charge in [-0.2, -0.15) is 0 Å². The predicted octanol–water partition coefficient (Wildman–Crippen LogP) is 4.39. The fraction of sp³-hybridized carbons (Fsp3) is 0.406. The average molecular weight is 512 g/mol. The normalized spacial score (nSPS) is 20.6. The molecule has 1 aliphatic carbocycles. The minimum atomic E-state index is -0.343. The number of hydrogen-bond acceptors (Lipinski definition) is 4. The number of nitrogens with zero attached hydrogens (tertiary/aromatic N) is 1. The summed E-state index contributed by atoms with van der Waals surface area (Å²) in [6.45, 7) is 9.38. The maximum absolute atomic E-state index is 12.9. The lowest BCUT2D eigenvalue weighted by Crippen LogP contribution is -3.12. The Labute approximate surface area is 226 Å². The van der Waals surface area contributed by atoms with Crippen LogP contribution in [0.3, 0.4) is 0 Å². The molecule has 3 aliphatic rings. The Balaban J connectivity index is 1.12. The number of rotatable bonds is 7. The van der Waals surface area contributed by atoms with Crippen molar-refractivity contribution in [1.29, 1.82) is 0 Å². The molecule has 0 aromatic heterocycles. The van der Waals surface area contributed by atoms with Crippen LogP contribution in [0.4, 0.5) is 16.2 Å². The van der Waals surface area contributed by atoms with Crippen LogP contribution in [0.2, 0.25) is 0 Å². The highest BCUT2D eigenvalue weighted by Crippen LogP contribution is 2.44. The van der Waals surface area contributed by atoms with Crippen LogP contribution in [0.25, 0.3) is 11.1 Å². The molecule has 0 radical (unpaired) electrons. The Bertz CT molecular complexity index is 1260. The fourth-order valence-electron chi connectivity index (χ4n) is 6.88. The first-order valence-corrected chi connectivity index (χ1v) is 14.3. The van der Waals surface area contributed by atoms with Gasteiger partial charge in [-0.1, -0.05) is 54.6 Å².